The monoisotopic (exact) mass is 374 g/mol. The molecule has 0 bridgehead atoms. The molecule has 0 saturated carbocycles. The number of likely N-dealkylation sites (N-methyl/N-ethyl adjacent to an activating group) is 1. The lowest BCUT2D eigenvalue weighted by molar-refractivity contribution is -0.0933. The highest BCUT2D eigenvalue weighted by Crippen LogP contribution is 2.20. The standard InChI is InChI=1S/C16H26N4O4.ClH/c1-19(10-12-11-23-7-8-24-12)16(21)15-13-9-17-4-3-14(13)20(18-15)5-6-22-2;/h12,17H,3-11H2,1-2H3;1H. The molecule has 25 heavy (non-hydrogen) atoms. The first-order chi connectivity index (χ1) is 11.7. The van der Waals surface area contributed by atoms with Crippen LogP contribution in [-0.4, -0.2) is 80.4 Å². The Morgan fingerprint density at radius 1 is 1.48 bits per heavy atom. The van der Waals surface area contributed by atoms with Gasteiger partial charge in [-0.1, -0.05) is 0 Å². The SMILES string of the molecule is COCCn1nc(C(=O)N(C)CC2COCCO2)c2c1CCNC2.Cl. The van der Waals surface area contributed by atoms with Gasteiger partial charge in [-0.05, 0) is 0 Å². The summed E-state index contributed by atoms with van der Waals surface area (Å²) in [6.45, 7) is 5.07. The fourth-order valence-corrected chi connectivity index (χ4v) is 3.17. The molecule has 2 aliphatic heterocycles. The molecule has 0 spiro atoms. The van der Waals surface area contributed by atoms with E-state index in [1.165, 1.54) is 0 Å². The topological polar surface area (TPSA) is 77.9 Å². The number of nitrogens with zero attached hydrogens (tertiary/aromatic N) is 3. The van der Waals surface area contributed by atoms with Crippen molar-refractivity contribution in [2.24, 2.45) is 0 Å². The fourth-order valence-electron chi connectivity index (χ4n) is 3.17. The summed E-state index contributed by atoms with van der Waals surface area (Å²) in [5.74, 6) is -0.0692. The van der Waals surface area contributed by atoms with Gasteiger partial charge in [0.1, 0.15) is 0 Å². The first-order valence-electron chi connectivity index (χ1n) is 8.43. The average Bonchev–Trinajstić information content (AvgIpc) is 2.99. The third-order valence-electron chi connectivity index (χ3n) is 4.43. The van der Waals surface area contributed by atoms with Crippen LogP contribution in [0.25, 0.3) is 0 Å². The van der Waals surface area contributed by atoms with Gasteiger partial charge in [0.15, 0.2) is 5.69 Å². The van der Waals surface area contributed by atoms with Crippen molar-refractivity contribution in [3.8, 4) is 0 Å². The maximum Gasteiger partial charge on any atom is 0.274 e. The summed E-state index contributed by atoms with van der Waals surface area (Å²) in [5.41, 5.74) is 2.68. The minimum absolute atomic E-state index is 0. The molecule has 1 amide bonds. The lowest BCUT2D eigenvalue weighted by atomic mass is 10.1. The Labute approximate surface area is 154 Å². The van der Waals surface area contributed by atoms with Crippen molar-refractivity contribution in [2.45, 2.75) is 25.6 Å². The van der Waals surface area contributed by atoms with E-state index in [1.54, 1.807) is 19.1 Å². The van der Waals surface area contributed by atoms with E-state index in [2.05, 4.69) is 10.4 Å². The summed E-state index contributed by atoms with van der Waals surface area (Å²) in [7, 11) is 3.46. The molecule has 142 valence electrons. The molecule has 9 heteroatoms. The van der Waals surface area contributed by atoms with Gasteiger partial charge < -0.3 is 24.4 Å². The molecule has 1 fully saturated rings. The summed E-state index contributed by atoms with van der Waals surface area (Å²) in [6.07, 6.45) is 0.806. The molecular weight excluding hydrogens is 348 g/mol. The number of nitrogens with one attached hydrogen (secondary N) is 1. The van der Waals surface area contributed by atoms with Gasteiger partial charge in [-0.3, -0.25) is 9.48 Å². The van der Waals surface area contributed by atoms with Gasteiger partial charge in [-0.2, -0.15) is 5.10 Å². The number of carbonyl (C=O) groups excluding carboxylic acids is 1. The molecular formula is C16H27ClN4O4. The highest BCUT2D eigenvalue weighted by atomic mass is 35.5. The van der Waals surface area contributed by atoms with Crippen LogP contribution >= 0.6 is 12.4 Å². The maximum atomic E-state index is 12.9. The number of hydrogen-bond acceptors (Lipinski definition) is 6. The van der Waals surface area contributed by atoms with Crippen LogP contribution < -0.4 is 5.32 Å². The summed E-state index contributed by atoms with van der Waals surface area (Å²) >= 11 is 0. The van der Waals surface area contributed by atoms with Crippen molar-refractivity contribution in [3.05, 3.63) is 17.0 Å². The number of hydrogen-bond donors (Lipinski definition) is 1. The average molecular weight is 375 g/mol. The molecule has 1 saturated heterocycles. The van der Waals surface area contributed by atoms with Crippen molar-refractivity contribution in [2.75, 3.05) is 53.7 Å². The van der Waals surface area contributed by atoms with Crippen LogP contribution in [0.2, 0.25) is 0 Å². The normalized spacial score (nSPS) is 19.8. The van der Waals surface area contributed by atoms with Crippen LogP contribution in [0.3, 0.4) is 0 Å². The quantitative estimate of drug-likeness (QED) is 0.760. The van der Waals surface area contributed by atoms with Crippen LogP contribution in [0.4, 0.5) is 0 Å². The predicted molar refractivity (Wildman–Crippen MR) is 94.3 cm³/mol. The molecule has 1 N–H and O–H groups in total. The number of ether oxygens (including phenoxy) is 3. The summed E-state index contributed by atoms with van der Waals surface area (Å²) in [5, 5.41) is 7.90. The Morgan fingerprint density at radius 3 is 3.04 bits per heavy atom. The van der Waals surface area contributed by atoms with Gasteiger partial charge in [0, 0.05) is 51.5 Å². The number of halogens is 1. The van der Waals surface area contributed by atoms with E-state index >= 15 is 0 Å². The third-order valence-corrected chi connectivity index (χ3v) is 4.43. The van der Waals surface area contributed by atoms with E-state index in [1.807, 2.05) is 4.68 Å². The first-order valence-corrected chi connectivity index (χ1v) is 8.43. The van der Waals surface area contributed by atoms with Crippen molar-refractivity contribution in [1.29, 1.82) is 0 Å². The molecule has 0 aliphatic carbocycles. The molecule has 2 aliphatic rings. The highest BCUT2D eigenvalue weighted by molar-refractivity contribution is 5.94. The lowest BCUT2D eigenvalue weighted by Gasteiger charge is -2.27. The van der Waals surface area contributed by atoms with E-state index < -0.39 is 0 Å². The van der Waals surface area contributed by atoms with Crippen LogP contribution in [0, 0.1) is 0 Å². The molecule has 3 rings (SSSR count). The van der Waals surface area contributed by atoms with E-state index in [-0.39, 0.29) is 24.4 Å². The molecule has 1 unspecified atom stereocenters. The Kier molecular flexibility index (Phi) is 7.64. The highest BCUT2D eigenvalue weighted by Gasteiger charge is 2.28. The zero-order chi connectivity index (χ0) is 16.9. The second-order valence-electron chi connectivity index (χ2n) is 6.17. The predicted octanol–water partition coefficient (Wildman–Crippen LogP) is 0.0844. The molecule has 0 radical (unpaired) electrons. The van der Waals surface area contributed by atoms with Gasteiger partial charge in [0.2, 0.25) is 0 Å². The van der Waals surface area contributed by atoms with Gasteiger partial charge in [-0.25, -0.2) is 0 Å². The number of carbonyl (C=O) groups is 1. The Bertz CT molecular complexity index is 575. The van der Waals surface area contributed by atoms with Crippen molar-refractivity contribution in [1.82, 2.24) is 20.0 Å². The summed E-state index contributed by atoms with van der Waals surface area (Å²) in [4.78, 5) is 14.5. The Morgan fingerprint density at radius 2 is 2.32 bits per heavy atom. The molecule has 1 atom stereocenters. The zero-order valence-corrected chi connectivity index (χ0v) is 15.6. The zero-order valence-electron chi connectivity index (χ0n) is 14.8. The van der Waals surface area contributed by atoms with E-state index in [0.717, 1.165) is 24.2 Å². The molecule has 3 heterocycles. The smallest absolute Gasteiger partial charge is 0.274 e. The molecule has 0 aromatic carbocycles. The van der Waals surface area contributed by atoms with Gasteiger partial charge >= 0.3 is 0 Å². The second kappa shape index (κ2) is 9.49. The summed E-state index contributed by atoms with van der Waals surface area (Å²) in [6, 6.07) is 0. The second-order valence-corrected chi connectivity index (χ2v) is 6.17. The van der Waals surface area contributed by atoms with Crippen LogP contribution in [0.1, 0.15) is 21.7 Å². The van der Waals surface area contributed by atoms with Crippen LogP contribution in [0.5, 0.6) is 0 Å². The lowest BCUT2D eigenvalue weighted by Crippen LogP contribution is -2.41. The molecule has 8 nitrogen and oxygen atoms in total. The number of fused-ring (bicyclic) bond motifs is 1. The van der Waals surface area contributed by atoms with E-state index in [9.17, 15) is 4.79 Å². The summed E-state index contributed by atoms with van der Waals surface area (Å²) < 4.78 is 18.1. The number of amides is 1. The Hall–Kier alpha value is -1.19. The molecule has 1 aromatic rings. The minimum Gasteiger partial charge on any atom is -0.383 e. The largest absolute Gasteiger partial charge is 0.383 e. The van der Waals surface area contributed by atoms with Crippen molar-refractivity contribution >= 4 is 18.3 Å². The van der Waals surface area contributed by atoms with E-state index in [4.69, 9.17) is 14.2 Å². The minimum atomic E-state index is -0.0720. The van der Waals surface area contributed by atoms with Crippen molar-refractivity contribution in [3.63, 3.8) is 0 Å². The van der Waals surface area contributed by atoms with E-state index in [0.29, 0.717) is 51.8 Å². The van der Waals surface area contributed by atoms with Gasteiger partial charge in [0.25, 0.3) is 5.91 Å². The Balaban J connectivity index is 0.00000225. The maximum absolute atomic E-state index is 12.9. The third kappa shape index (κ3) is 4.71. The van der Waals surface area contributed by atoms with Gasteiger partial charge in [-0.15, -0.1) is 12.4 Å². The number of aromatic nitrogens is 2. The van der Waals surface area contributed by atoms with Crippen LogP contribution in [0.15, 0.2) is 0 Å². The first kappa shape index (κ1) is 20.1. The van der Waals surface area contributed by atoms with Gasteiger partial charge in [0.05, 0.1) is 39.1 Å². The van der Waals surface area contributed by atoms with Crippen molar-refractivity contribution < 1.29 is 19.0 Å². The fraction of sp³-hybridized carbons (Fsp3) is 0.750. The number of rotatable bonds is 6. The van der Waals surface area contributed by atoms with Crippen LogP contribution in [-0.2, 0) is 33.7 Å². The molecule has 1 aromatic heterocycles. The number of methoxy groups -OCH3 is 1.